The van der Waals surface area contributed by atoms with Crippen molar-refractivity contribution in [3.63, 3.8) is 0 Å². The molecule has 4 nitrogen and oxygen atoms in total. The van der Waals surface area contributed by atoms with Crippen molar-refractivity contribution in [1.29, 1.82) is 0 Å². The van der Waals surface area contributed by atoms with Crippen LogP contribution in [-0.2, 0) is 16.1 Å². The molecule has 1 N–H and O–H groups in total. The van der Waals surface area contributed by atoms with Crippen molar-refractivity contribution in [2.24, 2.45) is 0 Å². The molecule has 6 heteroatoms. The van der Waals surface area contributed by atoms with Gasteiger partial charge in [0.05, 0.1) is 5.75 Å². The molecule has 0 fully saturated rings. The summed E-state index contributed by atoms with van der Waals surface area (Å²) in [6.07, 6.45) is 0.841. The highest BCUT2D eigenvalue weighted by Crippen LogP contribution is 2.20. The third kappa shape index (κ3) is 6.88. The van der Waals surface area contributed by atoms with Gasteiger partial charge in [0.15, 0.2) is 0 Å². The Hall–Kier alpha value is -1.98. The lowest BCUT2D eigenvalue weighted by molar-refractivity contribution is -0.138. The van der Waals surface area contributed by atoms with Gasteiger partial charge in [0.25, 0.3) is 0 Å². The average molecular weight is 419 g/mol. The van der Waals surface area contributed by atoms with Gasteiger partial charge in [-0.2, -0.15) is 0 Å². The molecule has 28 heavy (non-hydrogen) atoms. The van der Waals surface area contributed by atoms with Crippen molar-refractivity contribution >= 4 is 35.2 Å². The standard InChI is InChI=1S/C22H27ClN2O2S/c1-4-16(2)24-22(27)17(3)25(14-18-10-12-19(23)13-11-18)21(26)15-28-20-8-6-5-7-9-20/h5-13,16-17H,4,14-15H2,1-3H3,(H,24,27)/t16-,17+/m0/s1. The largest absolute Gasteiger partial charge is 0.352 e. The van der Waals surface area contributed by atoms with E-state index in [0.29, 0.717) is 11.6 Å². The van der Waals surface area contributed by atoms with Gasteiger partial charge in [-0.1, -0.05) is 48.9 Å². The van der Waals surface area contributed by atoms with Gasteiger partial charge in [-0.3, -0.25) is 9.59 Å². The fourth-order valence-corrected chi connectivity index (χ4v) is 3.51. The van der Waals surface area contributed by atoms with E-state index in [-0.39, 0.29) is 23.6 Å². The second-order valence-corrected chi connectivity index (χ2v) is 8.23. The highest BCUT2D eigenvalue weighted by molar-refractivity contribution is 8.00. The van der Waals surface area contributed by atoms with Crippen LogP contribution in [0.4, 0.5) is 0 Å². The van der Waals surface area contributed by atoms with Crippen LogP contribution in [0, 0.1) is 0 Å². The molecule has 0 radical (unpaired) electrons. The van der Waals surface area contributed by atoms with Crippen LogP contribution in [-0.4, -0.2) is 34.6 Å². The smallest absolute Gasteiger partial charge is 0.242 e. The Labute approximate surface area is 176 Å². The van der Waals surface area contributed by atoms with Gasteiger partial charge >= 0.3 is 0 Å². The van der Waals surface area contributed by atoms with Crippen LogP contribution >= 0.6 is 23.4 Å². The van der Waals surface area contributed by atoms with Crippen LogP contribution < -0.4 is 5.32 Å². The summed E-state index contributed by atoms with van der Waals surface area (Å²) in [7, 11) is 0. The molecule has 0 heterocycles. The van der Waals surface area contributed by atoms with E-state index in [1.165, 1.54) is 11.8 Å². The van der Waals surface area contributed by atoms with E-state index in [0.717, 1.165) is 16.9 Å². The van der Waals surface area contributed by atoms with Crippen LogP contribution in [0.2, 0.25) is 5.02 Å². The van der Waals surface area contributed by atoms with E-state index in [1.54, 1.807) is 24.0 Å². The highest BCUT2D eigenvalue weighted by Gasteiger charge is 2.26. The maximum atomic E-state index is 13.0. The average Bonchev–Trinajstić information content (AvgIpc) is 2.71. The van der Waals surface area contributed by atoms with Crippen LogP contribution in [0.25, 0.3) is 0 Å². The number of hydrogen-bond donors (Lipinski definition) is 1. The quantitative estimate of drug-likeness (QED) is 0.597. The summed E-state index contributed by atoms with van der Waals surface area (Å²) in [4.78, 5) is 28.3. The first-order valence-corrected chi connectivity index (χ1v) is 10.8. The number of nitrogens with one attached hydrogen (secondary N) is 1. The monoisotopic (exact) mass is 418 g/mol. The lowest BCUT2D eigenvalue weighted by Crippen LogP contribution is -2.50. The number of amides is 2. The Morgan fingerprint density at radius 1 is 1.07 bits per heavy atom. The Kier molecular flexibility index (Phi) is 8.87. The number of carbonyl (C=O) groups excluding carboxylic acids is 2. The zero-order chi connectivity index (χ0) is 20.5. The minimum Gasteiger partial charge on any atom is -0.352 e. The molecule has 0 spiro atoms. The second-order valence-electron chi connectivity index (χ2n) is 6.74. The molecule has 2 atom stereocenters. The number of rotatable bonds is 9. The second kappa shape index (κ2) is 11.1. The molecule has 2 aromatic carbocycles. The highest BCUT2D eigenvalue weighted by atomic mass is 35.5. The summed E-state index contributed by atoms with van der Waals surface area (Å²) in [6, 6.07) is 16.6. The molecule has 0 aliphatic rings. The van der Waals surface area contributed by atoms with E-state index in [2.05, 4.69) is 5.32 Å². The third-order valence-electron chi connectivity index (χ3n) is 4.54. The normalized spacial score (nSPS) is 12.9. The molecule has 2 amide bonds. The number of nitrogens with zero attached hydrogens (tertiary/aromatic N) is 1. The summed E-state index contributed by atoms with van der Waals surface area (Å²) in [5.74, 6) is 0.0652. The molecule has 0 aromatic heterocycles. The number of halogens is 1. The lowest BCUT2D eigenvalue weighted by Gasteiger charge is -2.29. The van der Waals surface area contributed by atoms with Crippen molar-refractivity contribution in [3.8, 4) is 0 Å². The summed E-state index contributed by atoms with van der Waals surface area (Å²) < 4.78 is 0. The molecule has 150 valence electrons. The number of carbonyl (C=O) groups is 2. The minimum absolute atomic E-state index is 0.0705. The fourth-order valence-electron chi connectivity index (χ4n) is 2.58. The summed E-state index contributed by atoms with van der Waals surface area (Å²) >= 11 is 7.44. The topological polar surface area (TPSA) is 49.4 Å². The molecule has 0 saturated heterocycles. The minimum atomic E-state index is -0.562. The van der Waals surface area contributed by atoms with Crippen molar-refractivity contribution in [3.05, 3.63) is 65.2 Å². The van der Waals surface area contributed by atoms with Gasteiger partial charge in [0, 0.05) is 22.5 Å². The van der Waals surface area contributed by atoms with Crippen LogP contribution in [0.5, 0.6) is 0 Å². The van der Waals surface area contributed by atoms with Gasteiger partial charge in [-0.25, -0.2) is 0 Å². The zero-order valence-corrected chi connectivity index (χ0v) is 18.1. The zero-order valence-electron chi connectivity index (χ0n) is 16.5. The van der Waals surface area contributed by atoms with Crippen molar-refractivity contribution in [2.45, 2.75) is 50.7 Å². The van der Waals surface area contributed by atoms with E-state index < -0.39 is 6.04 Å². The molecule has 0 saturated carbocycles. The fraction of sp³-hybridized carbons (Fsp3) is 0.364. The van der Waals surface area contributed by atoms with Gasteiger partial charge in [0.1, 0.15) is 6.04 Å². The van der Waals surface area contributed by atoms with Crippen molar-refractivity contribution in [2.75, 3.05) is 5.75 Å². The Balaban J connectivity index is 2.12. The van der Waals surface area contributed by atoms with Gasteiger partial charge in [-0.15, -0.1) is 11.8 Å². The van der Waals surface area contributed by atoms with Crippen LogP contribution in [0.15, 0.2) is 59.5 Å². The maximum absolute atomic E-state index is 13.0. The van der Waals surface area contributed by atoms with Crippen LogP contribution in [0.1, 0.15) is 32.8 Å². The first-order valence-electron chi connectivity index (χ1n) is 9.42. The SMILES string of the molecule is CC[C@H](C)NC(=O)[C@@H](C)N(Cc1ccc(Cl)cc1)C(=O)CSc1ccccc1. The van der Waals surface area contributed by atoms with E-state index in [4.69, 9.17) is 11.6 Å². The van der Waals surface area contributed by atoms with Crippen molar-refractivity contribution < 1.29 is 9.59 Å². The van der Waals surface area contributed by atoms with Crippen molar-refractivity contribution in [1.82, 2.24) is 10.2 Å². The number of hydrogen-bond acceptors (Lipinski definition) is 3. The molecule has 0 aliphatic carbocycles. The third-order valence-corrected chi connectivity index (χ3v) is 5.79. The van der Waals surface area contributed by atoms with Gasteiger partial charge in [0.2, 0.25) is 11.8 Å². The molecule has 2 rings (SSSR count). The van der Waals surface area contributed by atoms with E-state index in [1.807, 2.05) is 56.3 Å². The van der Waals surface area contributed by atoms with Crippen LogP contribution in [0.3, 0.4) is 0 Å². The molecular weight excluding hydrogens is 392 g/mol. The summed E-state index contributed by atoms with van der Waals surface area (Å²) in [5.41, 5.74) is 0.936. The summed E-state index contributed by atoms with van der Waals surface area (Å²) in [5, 5.41) is 3.62. The molecule has 0 aliphatic heterocycles. The maximum Gasteiger partial charge on any atom is 0.242 e. The Morgan fingerprint density at radius 3 is 2.32 bits per heavy atom. The lowest BCUT2D eigenvalue weighted by atomic mass is 10.1. The predicted molar refractivity (Wildman–Crippen MR) is 117 cm³/mol. The first kappa shape index (κ1) is 22.3. The molecular formula is C22H27ClN2O2S. The summed E-state index contributed by atoms with van der Waals surface area (Å²) in [6.45, 7) is 6.11. The van der Waals surface area contributed by atoms with E-state index in [9.17, 15) is 9.59 Å². The number of benzene rings is 2. The Morgan fingerprint density at radius 2 is 1.71 bits per heavy atom. The van der Waals surface area contributed by atoms with Gasteiger partial charge < -0.3 is 10.2 Å². The number of thioether (sulfide) groups is 1. The molecule has 0 bridgehead atoms. The predicted octanol–water partition coefficient (Wildman–Crippen LogP) is 4.76. The Bertz CT molecular complexity index is 768. The first-order chi connectivity index (χ1) is 13.4. The van der Waals surface area contributed by atoms with E-state index >= 15 is 0 Å². The molecule has 0 unspecified atom stereocenters. The molecule has 2 aromatic rings. The van der Waals surface area contributed by atoms with Gasteiger partial charge in [-0.05, 0) is 50.1 Å².